The van der Waals surface area contributed by atoms with Crippen LogP contribution >= 0.6 is 23.4 Å². The zero-order chi connectivity index (χ0) is 13.9. The Balaban J connectivity index is 2.02. The average molecular weight is 307 g/mol. The van der Waals surface area contributed by atoms with Crippen molar-refractivity contribution in [1.29, 1.82) is 0 Å². The first-order valence-corrected chi connectivity index (χ1v) is 7.97. The molecule has 20 heavy (non-hydrogen) atoms. The summed E-state index contributed by atoms with van der Waals surface area (Å²) in [7, 11) is 0. The number of benzene rings is 2. The van der Waals surface area contributed by atoms with E-state index in [9.17, 15) is 0 Å². The highest BCUT2D eigenvalue weighted by Gasteiger charge is 2.24. The molecule has 1 aliphatic heterocycles. The monoisotopic (exact) mass is 306 g/mol. The van der Waals surface area contributed by atoms with Crippen LogP contribution in [0.25, 0.3) is 0 Å². The Hall–Kier alpha value is -1.00. The maximum absolute atomic E-state index is 9.10. The third-order valence-electron chi connectivity index (χ3n) is 3.58. The maximum Gasteiger partial charge on any atom is 0.117 e. The Morgan fingerprint density at radius 1 is 1.20 bits per heavy atom. The topological polar surface area (TPSA) is 36.8 Å². The van der Waals surface area contributed by atoms with E-state index < -0.39 is 0 Å². The zero-order valence-corrected chi connectivity index (χ0v) is 12.6. The van der Waals surface area contributed by atoms with E-state index in [4.69, 9.17) is 16.7 Å². The van der Waals surface area contributed by atoms with Crippen LogP contribution in [0.1, 0.15) is 17.2 Å². The summed E-state index contributed by atoms with van der Waals surface area (Å²) in [6.45, 7) is 0.924. The molecular weight excluding hydrogens is 290 g/mol. The molecule has 1 atom stereocenters. The molecule has 1 heterocycles. The second kappa shape index (κ2) is 6.19. The largest absolute Gasteiger partial charge is 0.391 e. The van der Waals surface area contributed by atoms with Crippen molar-refractivity contribution >= 4 is 23.4 Å². The van der Waals surface area contributed by atoms with Crippen LogP contribution in [0.15, 0.2) is 52.3 Å². The summed E-state index contributed by atoms with van der Waals surface area (Å²) in [5, 5.41) is 12.1. The number of halogens is 1. The zero-order valence-electron chi connectivity index (χ0n) is 11.1. The van der Waals surface area contributed by atoms with Crippen LogP contribution in [0.4, 0.5) is 0 Å². The van der Waals surface area contributed by atoms with E-state index in [1.54, 1.807) is 0 Å². The van der Waals surface area contributed by atoms with E-state index in [0.29, 0.717) is 6.04 Å². The molecule has 3 N–H and O–H groups in total. The van der Waals surface area contributed by atoms with Gasteiger partial charge in [-0.3, -0.25) is 0 Å². The number of hydrogen-bond acceptors (Lipinski definition) is 2. The van der Waals surface area contributed by atoms with Gasteiger partial charge in [0.2, 0.25) is 0 Å². The molecule has 0 fully saturated rings. The fraction of sp³-hybridized carbons (Fsp3) is 0.250. The lowest BCUT2D eigenvalue weighted by molar-refractivity contribution is -0.697. The van der Waals surface area contributed by atoms with Crippen LogP contribution in [0.3, 0.4) is 0 Å². The molecule has 4 heteroatoms. The van der Waals surface area contributed by atoms with Gasteiger partial charge in [0.1, 0.15) is 6.04 Å². The van der Waals surface area contributed by atoms with Crippen LogP contribution in [-0.2, 0) is 6.42 Å². The summed E-state index contributed by atoms with van der Waals surface area (Å²) in [6.07, 6.45) is 0.944. The summed E-state index contributed by atoms with van der Waals surface area (Å²) in [6, 6.07) is 15.0. The minimum absolute atomic E-state index is 0.203. The number of quaternary nitrogens is 1. The van der Waals surface area contributed by atoms with Gasteiger partial charge in [-0.1, -0.05) is 41.6 Å². The first-order valence-electron chi connectivity index (χ1n) is 6.77. The molecule has 0 bridgehead atoms. The highest BCUT2D eigenvalue weighted by molar-refractivity contribution is 7.99. The standard InChI is InChI=1S/C16H16ClNOS/c17-12-5-6-15-11(9-12)10-14(18-7-8-19)13-3-1-2-4-16(13)20-15/h1-6,9,14,18-19H,7-8,10H2/p+1/t14-/m0/s1. The van der Waals surface area contributed by atoms with Crippen LogP contribution in [0, 0.1) is 0 Å². The molecule has 0 saturated carbocycles. The number of aliphatic hydroxyl groups excluding tert-OH is 1. The summed E-state index contributed by atoms with van der Waals surface area (Å²) < 4.78 is 0. The molecular formula is C16H17ClNOS+. The van der Waals surface area contributed by atoms with Gasteiger partial charge in [-0.25, -0.2) is 0 Å². The first-order chi connectivity index (χ1) is 9.78. The van der Waals surface area contributed by atoms with Gasteiger partial charge >= 0.3 is 0 Å². The number of rotatable bonds is 3. The quantitative estimate of drug-likeness (QED) is 0.915. The van der Waals surface area contributed by atoms with Gasteiger partial charge < -0.3 is 10.4 Å². The molecule has 2 aromatic carbocycles. The van der Waals surface area contributed by atoms with Gasteiger partial charge in [0, 0.05) is 26.8 Å². The number of hydrogen-bond donors (Lipinski definition) is 2. The molecule has 2 aromatic rings. The second-order valence-electron chi connectivity index (χ2n) is 4.95. The molecule has 0 amide bonds. The van der Waals surface area contributed by atoms with E-state index in [0.717, 1.165) is 18.0 Å². The first kappa shape index (κ1) is 14.0. The third-order valence-corrected chi connectivity index (χ3v) is 5.03. The molecule has 2 nitrogen and oxygen atoms in total. The van der Waals surface area contributed by atoms with E-state index in [2.05, 4.69) is 41.7 Å². The lowest BCUT2D eigenvalue weighted by atomic mass is 9.99. The molecule has 0 aliphatic carbocycles. The Labute approximate surface area is 128 Å². The highest BCUT2D eigenvalue weighted by Crippen LogP contribution is 2.40. The number of aliphatic hydroxyl groups is 1. The van der Waals surface area contributed by atoms with Gasteiger partial charge in [0.05, 0.1) is 13.2 Å². The van der Waals surface area contributed by atoms with E-state index in [-0.39, 0.29) is 6.61 Å². The van der Waals surface area contributed by atoms with Gasteiger partial charge in [-0.05, 0) is 29.8 Å². The normalized spacial score (nSPS) is 17.2. The maximum atomic E-state index is 9.10. The van der Waals surface area contributed by atoms with Crippen molar-refractivity contribution in [2.75, 3.05) is 13.2 Å². The molecule has 0 unspecified atom stereocenters. The van der Waals surface area contributed by atoms with Crippen LogP contribution in [0.5, 0.6) is 0 Å². The minimum Gasteiger partial charge on any atom is -0.391 e. The fourth-order valence-corrected chi connectivity index (χ4v) is 3.96. The minimum atomic E-state index is 0.203. The molecule has 0 saturated heterocycles. The van der Waals surface area contributed by atoms with Crippen molar-refractivity contribution < 1.29 is 10.4 Å². The van der Waals surface area contributed by atoms with Crippen molar-refractivity contribution in [3.63, 3.8) is 0 Å². The van der Waals surface area contributed by atoms with Gasteiger partial charge in [-0.2, -0.15) is 0 Å². The lowest BCUT2D eigenvalue weighted by Gasteiger charge is -2.15. The smallest absolute Gasteiger partial charge is 0.117 e. The Morgan fingerprint density at radius 3 is 2.90 bits per heavy atom. The van der Waals surface area contributed by atoms with E-state index in [1.807, 2.05) is 17.8 Å². The number of nitrogens with two attached hydrogens (primary N) is 1. The summed E-state index contributed by atoms with van der Waals surface area (Å²) in [5.74, 6) is 0. The van der Waals surface area contributed by atoms with Crippen molar-refractivity contribution in [3.8, 4) is 0 Å². The van der Waals surface area contributed by atoms with Crippen molar-refractivity contribution in [2.45, 2.75) is 22.3 Å². The van der Waals surface area contributed by atoms with Crippen LogP contribution in [0.2, 0.25) is 5.02 Å². The van der Waals surface area contributed by atoms with Crippen molar-refractivity contribution in [2.24, 2.45) is 0 Å². The second-order valence-corrected chi connectivity index (χ2v) is 6.47. The highest BCUT2D eigenvalue weighted by atomic mass is 35.5. The predicted molar refractivity (Wildman–Crippen MR) is 82.3 cm³/mol. The van der Waals surface area contributed by atoms with Crippen LogP contribution < -0.4 is 5.32 Å². The molecule has 0 spiro atoms. The van der Waals surface area contributed by atoms with E-state index >= 15 is 0 Å². The summed E-state index contributed by atoms with van der Waals surface area (Å²) in [5.41, 5.74) is 2.64. The van der Waals surface area contributed by atoms with Crippen molar-refractivity contribution in [3.05, 3.63) is 58.6 Å². The van der Waals surface area contributed by atoms with Gasteiger partial charge in [-0.15, -0.1) is 0 Å². The molecule has 0 radical (unpaired) electrons. The Bertz CT molecular complexity index is 617. The molecule has 3 rings (SSSR count). The molecule has 104 valence electrons. The predicted octanol–water partition coefficient (Wildman–Crippen LogP) is 2.64. The Kier molecular flexibility index (Phi) is 4.32. The lowest BCUT2D eigenvalue weighted by Crippen LogP contribution is -2.86. The average Bonchev–Trinajstić information content (AvgIpc) is 2.61. The van der Waals surface area contributed by atoms with Crippen LogP contribution in [-0.4, -0.2) is 18.3 Å². The number of fused-ring (bicyclic) bond motifs is 2. The summed E-state index contributed by atoms with van der Waals surface area (Å²) >= 11 is 7.94. The third kappa shape index (κ3) is 2.86. The van der Waals surface area contributed by atoms with E-state index in [1.165, 1.54) is 20.9 Å². The summed E-state index contributed by atoms with van der Waals surface area (Å²) in [4.78, 5) is 2.58. The van der Waals surface area contributed by atoms with Gasteiger partial charge in [0.15, 0.2) is 0 Å². The molecule has 1 aliphatic rings. The van der Waals surface area contributed by atoms with Crippen molar-refractivity contribution in [1.82, 2.24) is 0 Å². The molecule has 0 aromatic heterocycles. The SMILES string of the molecule is OCC[NH2+][C@H]1Cc2cc(Cl)ccc2Sc2ccccc21. The fourth-order valence-electron chi connectivity index (χ4n) is 2.64. The van der Waals surface area contributed by atoms with Gasteiger partial charge in [0.25, 0.3) is 0 Å². The Morgan fingerprint density at radius 2 is 2.05 bits per heavy atom.